The predicted octanol–water partition coefficient (Wildman–Crippen LogP) is 3.70. The van der Waals surface area contributed by atoms with Gasteiger partial charge < -0.3 is 0 Å². The third-order valence-electron chi connectivity index (χ3n) is 2.54. The Morgan fingerprint density at radius 3 is 2.79 bits per heavy atom. The summed E-state index contributed by atoms with van der Waals surface area (Å²) >= 11 is 0. The van der Waals surface area contributed by atoms with Gasteiger partial charge in [0.15, 0.2) is 0 Å². The third-order valence-corrected chi connectivity index (χ3v) is 3.48. The van der Waals surface area contributed by atoms with Crippen molar-refractivity contribution < 1.29 is 17.8 Å². The molecule has 3 nitrogen and oxygen atoms in total. The van der Waals surface area contributed by atoms with E-state index in [0.717, 1.165) is 19.3 Å². The zero-order valence-corrected chi connectivity index (χ0v) is 9.85. The van der Waals surface area contributed by atoms with Crippen LogP contribution in [0.5, 0.6) is 0 Å². The fraction of sp³-hybridized carbons (Fsp3) is 1.00. The van der Waals surface area contributed by atoms with E-state index < -0.39 is 7.91 Å². The molecule has 0 aromatic heterocycles. The maximum atomic E-state index is 13.0. The Balaban J connectivity index is 2.62. The second-order valence-electron chi connectivity index (χ2n) is 4.43. The predicted molar refractivity (Wildman–Crippen MR) is 52.8 cm³/mol. The molecule has 0 N–H and O–H groups in total. The highest BCUT2D eigenvalue weighted by molar-refractivity contribution is 7.48. The first kappa shape index (κ1) is 12.2. The van der Waals surface area contributed by atoms with Crippen molar-refractivity contribution in [3.05, 3.63) is 0 Å². The van der Waals surface area contributed by atoms with Crippen LogP contribution in [-0.2, 0) is 13.6 Å². The van der Waals surface area contributed by atoms with Crippen LogP contribution in [0.1, 0.15) is 40.0 Å². The van der Waals surface area contributed by atoms with E-state index in [1.807, 2.05) is 13.8 Å². The van der Waals surface area contributed by atoms with Crippen LogP contribution < -0.4 is 0 Å². The van der Waals surface area contributed by atoms with Crippen LogP contribution in [0, 0.1) is 5.41 Å². The van der Waals surface area contributed by atoms with Gasteiger partial charge in [-0.3, -0.25) is 9.05 Å². The van der Waals surface area contributed by atoms with E-state index in [-0.39, 0.29) is 18.1 Å². The van der Waals surface area contributed by atoms with Crippen LogP contribution in [-0.4, -0.2) is 12.7 Å². The number of halogens is 1. The van der Waals surface area contributed by atoms with E-state index >= 15 is 0 Å². The molecule has 0 bridgehead atoms. The lowest BCUT2D eigenvalue weighted by Gasteiger charge is -2.38. The minimum Gasteiger partial charge on any atom is -0.283 e. The second kappa shape index (κ2) is 4.30. The van der Waals surface area contributed by atoms with E-state index in [9.17, 15) is 8.76 Å². The Morgan fingerprint density at radius 1 is 1.57 bits per heavy atom. The van der Waals surface area contributed by atoms with Gasteiger partial charge in [0.2, 0.25) is 0 Å². The van der Waals surface area contributed by atoms with Crippen molar-refractivity contribution in [3.8, 4) is 0 Å². The van der Waals surface area contributed by atoms with Crippen LogP contribution in [0.15, 0.2) is 0 Å². The van der Waals surface area contributed by atoms with Gasteiger partial charge in [0.05, 0.1) is 12.7 Å². The zero-order valence-electron chi connectivity index (χ0n) is 8.96. The van der Waals surface area contributed by atoms with Crippen LogP contribution in [0.3, 0.4) is 0 Å². The topological polar surface area (TPSA) is 35.5 Å². The summed E-state index contributed by atoms with van der Waals surface area (Å²) in [7, 11) is -4.26. The number of unbranched alkanes of at least 4 members (excludes halogenated alkanes) is 1. The van der Waals surface area contributed by atoms with Gasteiger partial charge in [0, 0.05) is 5.41 Å². The SMILES string of the molecule is CCCCC1OP(=O)(F)OCC1(C)C. The van der Waals surface area contributed by atoms with Gasteiger partial charge in [-0.1, -0.05) is 33.6 Å². The molecule has 0 aromatic carbocycles. The van der Waals surface area contributed by atoms with Crippen molar-refractivity contribution in [1.82, 2.24) is 0 Å². The Morgan fingerprint density at radius 2 is 2.21 bits per heavy atom. The molecule has 0 radical (unpaired) electrons. The molecular formula is C9H18FO3P. The summed E-state index contributed by atoms with van der Waals surface area (Å²) in [5.41, 5.74) is -0.255. The van der Waals surface area contributed by atoms with Crippen LogP contribution >= 0.6 is 7.91 Å². The Hall–Kier alpha value is 0.0800. The Labute approximate surface area is 84.6 Å². The van der Waals surface area contributed by atoms with E-state index in [1.165, 1.54) is 0 Å². The number of rotatable bonds is 3. The molecule has 1 fully saturated rings. The summed E-state index contributed by atoms with van der Waals surface area (Å²) in [6.07, 6.45) is 2.41. The van der Waals surface area contributed by atoms with Gasteiger partial charge in [-0.2, -0.15) is 0 Å². The molecule has 0 saturated carbocycles. The molecule has 0 aliphatic carbocycles. The Kier molecular flexibility index (Phi) is 3.73. The van der Waals surface area contributed by atoms with Crippen LogP contribution in [0.4, 0.5) is 4.20 Å². The van der Waals surface area contributed by atoms with Crippen LogP contribution in [0.2, 0.25) is 0 Å². The summed E-state index contributed by atoms with van der Waals surface area (Å²) < 4.78 is 33.4. The minimum absolute atomic E-state index is 0.162. The van der Waals surface area contributed by atoms with Crippen molar-refractivity contribution in [2.45, 2.75) is 46.1 Å². The third kappa shape index (κ3) is 3.04. The van der Waals surface area contributed by atoms with Crippen molar-refractivity contribution >= 4 is 7.91 Å². The quantitative estimate of drug-likeness (QED) is 0.686. The van der Waals surface area contributed by atoms with E-state index in [4.69, 9.17) is 4.52 Å². The molecule has 1 saturated heterocycles. The highest BCUT2D eigenvalue weighted by Gasteiger charge is 2.44. The fourth-order valence-corrected chi connectivity index (χ4v) is 2.74. The first-order valence-corrected chi connectivity index (χ1v) is 6.43. The maximum Gasteiger partial charge on any atom is 0.513 e. The first-order chi connectivity index (χ1) is 6.37. The van der Waals surface area contributed by atoms with E-state index in [2.05, 4.69) is 11.4 Å². The molecule has 1 rings (SSSR count). The first-order valence-electron chi connectivity index (χ1n) is 5.00. The highest BCUT2D eigenvalue weighted by atomic mass is 31.2. The molecule has 1 aliphatic heterocycles. The molecular weight excluding hydrogens is 206 g/mol. The lowest BCUT2D eigenvalue weighted by atomic mass is 9.85. The van der Waals surface area contributed by atoms with Gasteiger partial charge in [-0.15, -0.1) is 4.20 Å². The molecule has 2 unspecified atom stereocenters. The molecule has 14 heavy (non-hydrogen) atoms. The lowest BCUT2D eigenvalue weighted by Crippen LogP contribution is -2.38. The summed E-state index contributed by atoms with van der Waals surface area (Å²) in [5, 5.41) is 0. The molecule has 0 aromatic rings. The summed E-state index contributed by atoms with van der Waals surface area (Å²) in [5.74, 6) is 0. The maximum absolute atomic E-state index is 13.0. The minimum atomic E-state index is -4.26. The molecule has 1 heterocycles. The molecule has 84 valence electrons. The van der Waals surface area contributed by atoms with E-state index in [1.54, 1.807) is 0 Å². The monoisotopic (exact) mass is 224 g/mol. The number of hydrogen-bond donors (Lipinski definition) is 0. The van der Waals surface area contributed by atoms with Crippen molar-refractivity contribution in [3.63, 3.8) is 0 Å². The summed E-state index contributed by atoms with van der Waals surface area (Å²) in [4.78, 5) is 0. The largest absolute Gasteiger partial charge is 0.513 e. The molecule has 0 spiro atoms. The standard InChI is InChI=1S/C9H18FO3P/c1-4-5-6-8-9(2,3)7-12-14(10,11)13-8/h8H,4-7H2,1-3H3. The normalized spacial score (nSPS) is 37.0. The van der Waals surface area contributed by atoms with Crippen molar-refractivity contribution in [2.75, 3.05) is 6.61 Å². The smallest absolute Gasteiger partial charge is 0.283 e. The van der Waals surface area contributed by atoms with Gasteiger partial charge in [0.25, 0.3) is 0 Å². The van der Waals surface area contributed by atoms with Gasteiger partial charge in [-0.25, -0.2) is 4.57 Å². The van der Waals surface area contributed by atoms with Crippen molar-refractivity contribution in [1.29, 1.82) is 0 Å². The Bertz CT molecular complexity index is 242. The van der Waals surface area contributed by atoms with Gasteiger partial charge in [-0.05, 0) is 6.42 Å². The second-order valence-corrected chi connectivity index (χ2v) is 5.76. The average Bonchev–Trinajstić information content (AvgIpc) is 2.07. The molecule has 0 amide bonds. The van der Waals surface area contributed by atoms with Crippen molar-refractivity contribution in [2.24, 2.45) is 5.41 Å². The van der Waals surface area contributed by atoms with Gasteiger partial charge >= 0.3 is 7.91 Å². The highest BCUT2D eigenvalue weighted by Crippen LogP contribution is 2.58. The summed E-state index contributed by atoms with van der Waals surface area (Å²) in [6, 6.07) is 0. The summed E-state index contributed by atoms with van der Waals surface area (Å²) in [6.45, 7) is 6.09. The lowest BCUT2D eigenvalue weighted by molar-refractivity contribution is -0.0411. The van der Waals surface area contributed by atoms with E-state index in [0.29, 0.717) is 0 Å². The van der Waals surface area contributed by atoms with Gasteiger partial charge in [0.1, 0.15) is 0 Å². The zero-order chi connectivity index (χ0) is 10.8. The number of hydrogen-bond acceptors (Lipinski definition) is 3. The molecule has 1 aliphatic rings. The average molecular weight is 224 g/mol. The fourth-order valence-electron chi connectivity index (χ4n) is 1.49. The van der Waals surface area contributed by atoms with Crippen LogP contribution in [0.25, 0.3) is 0 Å². The molecule has 2 atom stereocenters. The molecule has 5 heteroatoms.